The summed E-state index contributed by atoms with van der Waals surface area (Å²) in [6.07, 6.45) is 4.66. The normalized spacial score (nSPS) is 24.1. The van der Waals surface area contributed by atoms with Crippen LogP contribution in [0.5, 0.6) is 0 Å². The fourth-order valence-electron chi connectivity index (χ4n) is 1.26. The molecule has 1 aliphatic carbocycles. The van der Waals surface area contributed by atoms with Gasteiger partial charge in [0.2, 0.25) is 0 Å². The van der Waals surface area contributed by atoms with Crippen molar-refractivity contribution in [3.05, 3.63) is 24.0 Å². The van der Waals surface area contributed by atoms with E-state index in [1.807, 2.05) is 13.8 Å². The largest absolute Gasteiger partial charge is 0.512 e. The maximum absolute atomic E-state index is 11.2. The molecule has 0 aromatic heterocycles. The second kappa shape index (κ2) is 2.91. The lowest BCUT2D eigenvalue weighted by molar-refractivity contribution is -0.119. The van der Waals surface area contributed by atoms with E-state index in [9.17, 15) is 9.90 Å². The van der Waals surface area contributed by atoms with Crippen LogP contribution in [0, 0.1) is 11.8 Å². The number of allylic oxidation sites excluding steroid dienone is 4. The van der Waals surface area contributed by atoms with Crippen LogP contribution in [0.25, 0.3) is 0 Å². The van der Waals surface area contributed by atoms with Crippen LogP contribution in [0.2, 0.25) is 0 Å². The van der Waals surface area contributed by atoms with Crippen LogP contribution in [0.3, 0.4) is 0 Å². The third-order valence-electron chi connectivity index (χ3n) is 1.82. The van der Waals surface area contributed by atoms with Gasteiger partial charge in [-0.2, -0.15) is 0 Å². The highest BCUT2D eigenvalue weighted by Gasteiger charge is 2.25. The Morgan fingerprint density at radius 1 is 1.55 bits per heavy atom. The van der Waals surface area contributed by atoms with Crippen molar-refractivity contribution in [3.63, 3.8) is 0 Å². The zero-order valence-electron chi connectivity index (χ0n) is 6.74. The van der Waals surface area contributed by atoms with Gasteiger partial charge in [-0.1, -0.05) is 19.9 Å². The minimum Gasteiger partial charge on any atom is -0.512 e. The fourth-order valence-corrected chi connectivity index (χ4v) is 1.26. The first kappa shape index (κ1) is 8.05. The maximum Gasteiger partial charge on any atom is 0.166 e. The highest BCUT2D eigenvalue weighted by molar-refractivity contribution is 5.95. The number of hydrogen-bond donors (Lipinski definition) is 1. The summed E-state index contributed by atoms with van der Waals surface area (Å²) in [5.41, 5.74) is 0. The SMILES string of the molecule is CC(C)C1C(=O)C=CC=C1O. The predicted octanol–water partition coefficient (Wildman–Crippen LogP) is 1.84. The predicted molar refractivity (Wildman–Crippen MR) is 43.2 cm³/mol. The van der Waals surface area contributed by atoms with Crippen molar-refractivity contribution in [2.75, 3.05) is 0 Å². The molecule has 1 N–H and O–H groups in total. The van der Waals surface area contributed by atoms with Gasteiger partial charge in [0, 0.05) is 0 Å². The van der Waals surface area contributed by atoms with Gasteiger partial charge in [-0.15, -0.1) is 0 Å². The van der Waals surface area contributed by atoms with Crippen LogP contribution in [0.4, 0.5) is 0 Å². The number of aliphatic hydroxyl groups excluding tert-OH is 1. The van der Waals surface area contributed by atoms with Gasteiger partial charge in [0.25, 0.3) is 0 Å². The Kier molecular flexibility index (Phi) is 2.13. The Labute approximate surface area is 66.2 Å². The van der Waals surface area contributed by atoms with Crippen LogP contribution < -0.4 is 0 Å². The van der Waals surface area contributed by atoms with E-state index in [0.717, 1.165) is 0 Å². The molecule has 1 atom stereocenters. The monoisotopic (exact) mass is 152 g/mol. The van der Waals surface area contributed by atoms with E-state index >= 15 is 0 Å². The lowest BCUT2D eigenvalue weighted by Crippen LogP contribution is -2.22. The average molecular weight is 152 g/mol. The first-order valence-electron chi connectivity index (χ1n) is 3.74. The summed E-state index contributed by atoms with van der Waals surface area (Å²) in [5, 5.41) is 9.30. The van der Waals surface area contributed by atoms with Crippen LogP contribution in [0.1, 0.15) is 13.8 Å². The summed E-state index contributed by atoms with van der Waals surface area (Å²) in [6.45, 7) is 3.84. The molecule has 0 fully saturated rings. The topological polar surface area (TPSA) is 37.3 Å². The molecule has 11 heavy (non-hydrogen) atoms. The van der Waals surface area contributed by atoms with E-state index in [1.54, 1.807) is 12.2 Å². The average Bonchev–Trinajstić information content (AvgIpc) is 1.85. The Balaban J connectivity index is 2.86. The number of carbonyl (C=O) groups excluding carboxylic acids is 1. The molecule has 0 bridgehead atoms. The van der Waals surface area contributed by atoms with E-state index < -0.39 is 0 Å². The van der Waals surface area contributed by atoms with Crippen molar-refractivity contribution < 1.29 is 9.90 Å². The third-order valence-corrected chi connectivity index (χ3v) is 1.82. The molecule has 1 aliphatic rings. The van der Waals surface area contributed by atoms with Crippen molar-refractivity contribution in [1.82, 2.24) is 0 Å². The molecule has 60 valence electrons. The summed E-state index contributed by atoms with van der Waals surface area (Å²) in [6, 6.07) is 0. The van der Waals surface area contributed by atoms with Gasteiger partial charge in [0.1, 0.15) is 5.76 Å². The molecule has 0 aromatic rings. The van der Waals surface area contributed by atoms with E-state index in [1.165, 1.54) is 6.08 Å². The summed E-state index contributed by atoms with van der Waals surface area (Å²) >= 11 is 0. The zero-order valence-corrected chi connectivity index (χ0v) is 6.74. The molecular formula is C9H12O2. The van der Waals surface area contributed by atoms with Crippen molar-refractivity contribution >= 4 is 5.78 Å². The van der Waals surface area contributed by atoms with Crippen molar-refractivity contribution in [2.24, 2.45) is 11.8 Å². The van der Waals surface area contributed by atoms with Gasteiger partial charge >= 0.3 is 0 Å². The van der Waals surface area contributed by atoms with Crippen molar-refractivity contribution in [3.8, 4) is 0 Å². The van der Waals surface area contributed by atoms with E-state index in [2.05, 4.69) is 0 Å². The van der Waals surface area contributed by atoms with Crippen LogP contribution >= 0.6 is 0 Å². The lowest BCUT2D eigenvalue weighted by Gasteiger charge is -2.18. The van der Waals surface area contributed by atoms with Gasteiger partial charge in [-0.3, -0.25) is 4.79 Å². The lowest BCUT2D eigenvalue weighted by atomic mass is 9.87. The van der Waals surface area contributed by atoms with Gasteiger partial charge < -0.3 is 5.11 Å². The highest BCUT2D eigenvalue weighted by atomic mass is 16.3. The van der Waals surface area contributed by atoms with E-state index in [4.69, 9.17) is 0 Å². The molecular weight excluding hydrogens is 140 g/mol. The number of aliphatic hydroxyl groups is 1. The summed E-state index contributed by atoms with van der Waals surface area (Å²) in [7, 11) is 0. The molecule has 2 nitrogen and oxygen atoms in total. The van der Waals surface area contributed by atoms with Crippen molar-refractivity contribution in [1.29, 1.82) is 0 Å². The molecule has 1 unspecified atom stereocenters. The van der Waals surface area contributed by atoms with Crippen LogP contribution in [-0.4, -0.2) is 10.9 Å². The van der Waals surface area contributed by atoms with E-state index in [0.29, 0.717) is 0 Å². The molecule has 0 heterocycles. The Morgan fingerprint density at radius 2 is 2.18 bits per heavy atom. The molecule has 0 saturated carbocycles. The second-order valence-electron chi connectivity index (χ2n) is 3.07. The first-order chi connectivity index (χ1) is 5.13. The molecule has 0 radical (unpaired) electrons. The smallest absolute Gasteiger partial charge is 0.166 e. The summed E-state index contributed by atoms with van der Waals surface area (Å²) in [4.78, 5) is 11.2. The van der Waals surface area contributed by atoms with Crippen LogP contribution in [0.15, 0.2) is 24.0 Å². The van der Waals surface area contributed by atoms with Gasteiger partial charge in [0.15, 0.2) is 5.78 Å². The number of ketones is 1. The minimum atomic E-state index is -0.319. The quantitative estimate of drug-likeness (QED) is 0.622. The Bertz CT molecular complexity index is 224. The second-order valence-corrected chi connectivity index (χ2v) is 3.07. The minimum absolute atomic E-state index is 0.000000000000000444. The van der Waals surface area contributed by atoms with Crippen molar-refractivity contribution in [2.45, 2.75) is 13.8 Å². The van der Waals surface area contributed by atoms with E-state index in [-0.39, 0.29) is 23.4 Å². The molecule has 0 aromatic carbocycles. The summed E-state index contributed by atoms with van der Waals surface area (Å²) < 4.78 is 0. The van der Waals surface area contributed by atoms with Gasteiger partial charge in [0.05, 0.1) is 5.92 Å². The molecule has 0 saturated heterocycles. The molecule has 0 spiro atoms. The van der Waals surface area contributed by atoms with Gasteiger partial charge in [-0.25, -0.2) is 0 Å². The maximum atomic E-state index is 11.2. The molecule has 2 heteroatoms. The van der Waals surface area contributed by atoms with Crippen LogP contribution in [-0.2, 0) is 4.79 Å². The third kappa shape index (κ3) is 1.50. The Hall–Kier alpha value is -1.05. The number of rotatable bonds is 1. The number of hydrogen-bond acceptors (Lipinski definition) is 2. The number of carbonyl (C=O) groups is 1. The summed E-state index contributed by atoms with van der Waals surface area (Å²) in [5.74, 6) is 0.0381. The standard InChI is InChI=1S/C9H12O2/c1-6(2)9-7(10)4-3-5-8(9)11/h3-6,9-10H,1-2H3. The fraction of sp³-hybridized carbons (Fsp3) is 0.444. The molecule has 0 amide bonds. The Morgan fingerprint density at radius 3 is 2.55 bits per heavy atom. The first-order valence-corrected chi connectivity index (χ1v) is 3.74. The highest BCUT2D eigenvalue weighted by Crippen LogP contribution is 2.22. The zero-order chi connectivity index (χ0) is 8.43. The molecule has 0 aliphatic heterocycles. The molecule has 1 rings (SSSR count). The van der Waals surface area contributed by atoms with Gasteiger partial charge in [-0.05, 0) is 18.1 Å².